The summed E-state index contributed by atoms with van der Waals surface area (Å²) in [6, 6.07) is 6.33. The Balaban J connectivity index is 1.66. The van der Waals surface area contributed by atoms with Gasteiger partial charge in [0, 0.05) is 24.5 Å². The van der Waals surface area contributed by atoms with Crippen molar-refractivity contribution in [2.45, 2.75) is 44.9 Å². The maximum atomic E-state index is 13.1. The molecule has 2 aromatic rings. The number of aromatic nitrogens is 1. The molecule has 1 saturated heterocycles. The number of piperidine rings is 1. The van der Waals surface area contributed by atoms with Crippen LogP contribution >= 0.6 is 0 Å². The van der Waals surface area contributed by atoms with E-state index in [0.29, 0.717) is 42.9 Å². The molecule has 1 fully saturated rings. The third kappa shape index (κ3) is 5.48. The highest BCUT2D eigenvalue weighted by Gasteiger charge is 2.36. The second-order valence-corrected chi connectivity index (χ2v) is 11.6. The fourth-order valence-electron chi connectivity index (χ4n) is 3.71. The van der Waals surface area contributed by atoms with Crippen LogP contribution in [0.15, 0.2) is 33.7 Å². The lowest BCUT2D eigenvalue weighted by atomic mass is 9.98. The van der Waals surface area contributed by atoms with E-state index in [1.54, 1.807) is 45.0 Å². The molecule has 0 spiro atoms. The predicted molar refractivity (Wildman–Crippen MR) is 120 cm³/mol. The Bertz CT molecular complexity index is 1150. The van der Waals surface area contributed by atoms with E-state index in [9.17, 15) is 21.6 Å². The van der Waals surface area contributed by atoms with Gasteiger partial charge < -0.3 is 9.84 Å². The van der Waals surface area contributed by atoms with E-state index in [0.717, 1.165) is 0 Å². The maximum absolute atomic E-state index is 13.1. The summed E-state index contributed by atoms with van der Waals surface area (Å²) in [5, 5.41) is 6.51. The maximum Gasteiger partial charge on any atom is 0.248 e. The molecule has 0 saturated carbocycles. The third-order valence-corrected chi connectivity index (χ3v) is 8.82. The van der Waals surface area contributed by atoms with Crippen molar-refractivity contribution in [2.75, 3.05) is 28.9 Å². The number of hydrogen-bond acceptors (Lipinski definition) is 7. The molecule has 3 rings (SSSR count). The van der Waals surface area contributed by atoms with Gasteiger partial charge in [0.1, 0.15) is 10.6 Å². The first-order valence-corrected chi connectivity index (χ1v) is 13.5. The van der Waals surface area contributed by atoms with E-state index >= 15 is 0 Å². The number of nitrogens with zero attached hydrogens (tertiary/aromatic N) is 2. The molecule has 1 aliphatic heterocycles. The average Bonchev–Trinajstić information content (AvgIpc) is 3.08. The van der Waals surface area contributed by atoms with Gasteiger partial charge in [0.05, 0.1) is 11.7 Å². The summed E-state index contributed by atoms with van der Waals surface area (Å²) in [7, 11) is -7.21. The molecule has 32 heavy (non-hydrogen) atoms. The van der Waals surface area contributed by atoms with Crippen LogP contribution in [0.3, 0.4) is 0 Å². The summed E-state index contributed by atoms with van der Waals surface area (Å²) in [6.07, 6.45) is 1.63. The molecule has 12 heteroatoms. The van der Waals surface area contributed by atoms with Crippen molar-refractivity contribution in [1.29, 1.82) is 0 Å². The van der Waals surface area contributed by atoms with Crippen LogP contribution in [-0.2, 0) is 24.8 Å². The minimum Gasteiger partial charge on any atom is -0.360 e. The molecule has 1 aromatic heterocycles. The molecular weight excluding hydrogens is 456 g/mol. The molecule has 176 valence electrons. The Hall–Kier alpha value is -2.44. The summed E-state index contributed by atoms with van der Waals surface area (Å²) >= 11 is 0. The van der Waals surface area contributed by atoms with Gasteiger partial charge in [-0.2, -0.15) is 4.31 Å². The number of aryl methyl sites for hydroxylation is 2. The lowest BCUT2D eigenvalue weighted by Gasteiger charge is -2.31. The van der Waals surface area contributed by atoms with Gasteiger partial charge in [-0.1, -0.05) is 12.1 Å². The zero-order valence-corrected chi connectivity index (χ0v) is 19.9. The minimum atomic E-state index is -3.82. The first kappa shape index (κ1) is 24.2. The standard InChI is InChI=1S/C20H28N4O6S2/c1-4-12-31(26,27)23-18-9-7-17(8-10-18)21-20(25)16-6-5-11-24(13-16)32(28,29)19-14(2)22-30-15(19)3/h7-10,16,23H,4-6,11-13H2,1-3H3,(H,21,25). The molecule has 10 nitrogen and oxygen atoms in total. The van der Waals surface area contributed by atoms with Crippen LogP contribution in [0.1, 0.15) is 37.6 Å². The zero-order valence-electron chi connectivity index (χ0n) is 18.3. The normalized spacial score (nSPS) is 17.8. The molecule has 1 unspecified atom stereocenters. The molecule has 1 atom stereocenters. The summed E-state index contributed by atoms with van der Waals surface area (Å²) in [5.74, 6) is -0.547. The number of amides is 1. The van der Waals surface area contributed by atoms with Crippen molar-refractivity contribution in [3.8, 4) is 0 Å². The van der Waals surface area contributed by atoms with Crippen molar-refractivity contribution < 1.29 is 26.2 Å². The number of sulfonamides is 2. The van der Waals surface area contributed by atoms with E-state index < -0.39 is 26.0 Å². The summed E-state index contributed by atoms with van der Waals surface area (Å²) in [6.45, 7) is 5.29. The Morgan fingerprint density at radius 3 is 2.41 bits per heavy atom. The number of hydrogen-bond donors (Lipinski definition) is 2. The Morgan fingerprint density at radius 1 is 1.16 bits per heavy atom. The Morgan fingerprint density at radius 2 is 1.81 bits per heavy atom. The van der Waals surface area contributed by atoms with Crippen LogP contribution in [0.2, 0.25) is 0 Å². The fourth-order valence-corrected chi connectivity index (χ4v) is 6.66. The molecule has 1 aliphatic rings. The van der Waals surface area contributed by atoms with Crippen molar-refractivity contribution in [3.05, 3.63) is 35.7 Å². The smallest absolute Gasteiger partial charge is 0.248 e. The lowest BCUT2D eigenvalue weighted by molar-refractivity contribution is -0.120. The van der Waals surface area contributed by atoms with Crippen molar-refractivity contribution in [3.63, 3.8) is 0 Å². The first-order chi connectivity index (χ1) is 15.0. The third-order valence-electron chi connectivity index (χ3n) is 5.22. The minimum absolute atomic E-state index is 0.0283. The Labute approximate surface area is 188 Å². The Kier molecular flexibility index (Phi) is 7.25. The van der Waals surface area contributed by atoms with Crippen LogP contribution < -0.4 is 10.0 Å². The molecule has 1 amide bonds. The zero-order chi connectivity index (χ0) is 23.5. The van der Waals surface area contributed by atoms with Gasteiger partial charge in [0.25, 0.3) is 0 Å². The molecule has 2 heterocycles. The summed E-state index contributed by atoms with van der Waals surface area (Å²) in [5.41, 5.74) is 1.20. The SMILES string of the molecule is CCCS(=O)(=O)Nc1ccc(NC(=O)C2CCCN(S(=O)(=O)c3c(C)noc3C)C2)cc1. The molecule has 2 N–H and O–H groups in total. The van der Waals surface area contributed by atoms with E-state index in [2.05, 4.69) is 15.2 Å². The van der Waals surface area contributed by atoms with Gasteiger partial charge >= 0.3 is 0 Å². The first-order valence-electron chi connectivity index (χ1n) is 10.4. The molecule has 0 bridgehead atoms. The number of nitrogens with one attached hydrogen (secondary N) is 2. The summed E-state index contributed by atoms with van der Waals surface area (Å²) in [4.78, 5) is 12.8. The van der Waals surface area contributed by atoms with Gasteiger partial charge in [0.2, 0.25) is 26.0 Å². The van der Waals surface area contributed by atoms with Crippen LogP contribution in [0.4, 0.5) is 11.4 Å². The van der Waals surface area contributed by atoms with Crippen LogP contribution in [-0.4, -0.2) is 51.0 Å². The van der Waals surface area contributed by atoms with Gasteiger partial charge in [-0.3, -0.25) is 9.52 Å². The number of anilines is 2. The lowest BCUT2D eigenvalue weighted by Crippen LogP contribution is -2.43. The van der Waals surface area contributed by atoms with Gasteiger partial charge in [-0.15, -0.1) is 0 Å². The van der Waals surface area contributed by atoms with Crippen LogP contribution in [0.25, 0.3) is 0 Å². The highest BCUT2D eigenvalue weighted by molar-refractivity contribution is 7.92. The summed E-state index contributed by atoms with van der Waals surface area (Å²) < 4.78 is 58.6. The molecule has 0 aliphatic carbocycles. The highest BCUT2D eigenvalue weighted by atomic mass is 32.2. The van der Waals surface area contributed by atoms with Crippen molar-refractivity contribution in [2.24, 2.45) is 5.92 Å². The monoisotopic (exact) mass is 484 g/mol. The van der Waals surface area contributed by atoms with E-state index in [1.807, 2.05) is 0 Å². The average molecular weight is 485 g/mol. The van der Waals surface area contributed by atoms with Crippen molar-refractivity contribution >= 4 is 37.3 Å². The number of benzene rings is 1. The highest BCUT2D eigenvalue weighted by Crippen LogP contribution is 2.28. The van der Waals surface area contributed by atoms with Crippen LogP contribution in [0, 0.1) is 19.8 Å². The second kappa shape index (κ2) is 9.59. The van der Waals surface area contributed by atoms with E-state index in [4.69, 9.17) is 4.52 Å². The number of carbonyl (C=O) groups excluding carboxylic acids is 1. The van der Waals surface area contributed by atoms with Crippen molar-refractivity contribution in [1.82, 2.24) is 9.46 Å². The fraction of sp³-hybridized carbons (Fsp3) is 0.500. The largest absolute Gasteiger partial charge is 0.360 e. The van der Waals surface area contributed by atoms with Crippen LogP contribution in [0.5, 0.6) is 0 Å². The molecule has 0 radical (unpaired) electrons. The second-order valence-electron chi connectivity index (χ2n) is 7.84. The van der Waals surface area contributed by atoms with Gasteiger partial charge in [-0.25, -0.2) is 16.8 Å². The number of carbonyl (C=O) groups is 1. The van der Waals surface area contributed by atoms with Gasteiger partial charge in [-0.05, 0) is 57.4 Å². The quantitative estimate of drug-likeness (QED) is 0.587. The predicted octanol–water partition coefficient (Wildman–Crippen LogP) is 2.48. The molecule has 1 aromatic carbocycles. The van der Waals surface area contributed by atoms with Gasteiger partial charge in [0.15, 0.2) is 5.76 Å². The van der Waals surface area contributed by atoms with E-state index in [1.165, 1.54) is 4.31 Å². The number of rotatable bonds is 8. The molecular formula is C20H28N4O6S2. The van der Waals surface area contributed by atoms with E-state index in [-0.39, 0.29) is 28.9 Å². The topological polar surface area (TPSA) is 139 Å².